The van der Waals surface area contributed by atoms with Gasteiger partial charge in [-0.3, -0.25) is 4.99 Å². The normalized spacial score (nSPS) is 32.8. The molecule has 1 aliphatic heterocycles. The topological polar surface area (TPSA) is 12.4 Å². The first-order chi connectivity index (χ1) is 3.77. The molecule has 42 valence electrons. The lowest BCUT2D eigenvalue weighted by molar-refractivity contribution is 0.596. The Bertz CT molecular complexity index is 171. The van der Waals surface area contributed by atoms with E-state index in [0.717, 1.165) is 6.42 Å². The van der Waals surface area contributed by atoms with E-state index in [4.69, 9.17) is 0 Å². The average molecular weight is 107 g/mol. The standard InChI is InChI=1S/C7H9N/c1-3-4-7(2)5-6-8-7/h6H,5H2,1-2H3. The molecule has 0 bridgehead atoms. The number of aliphatic imine (C=N–C) groups is 1. The molecule has 0 saturated heterocycles. The molecule has 1 aliphatic rings. The van der Waals surface area contributed by atoms with Crippen LogP contribution in [0.1, 0.15) is 20.3 Å². The minimum Gasteiger partial charge on any atom is -0.278 e. The first-order valence-corrected chi connectivity index (χ1v) is 2.74. The summed E-state index contributed by atoms with van der Waals surface area (Å²) in [5.74, 6) is 5.86. The Kier molecular flexibility index (Phi) is 1.09. The Morgan fingerprint density at radius 3 is 2.50 bits per heavy atom. The van der Waals surface area contributed by atoms with Crippen molar-refractivity contribution in [3.63, 3.8) is 0 Å². The molecule has 0 aromatic rings. The second-order valence-corrected chi connectivity index (χ2v) is 2.16. The largest absolute Gasteiger partial charge is 0.278 e. The van der Waals surface area contributed by atoms with E-state index in [1.165, 1.54) is 0 Å². The van der Waals surface area contributed by atoms with Gasteiger partial charge in [0.2, 0.25) is 0 Å². The predicted molar refractivity (Wildman–Crippen MR) is 35.0 cm³/mol. The molecule has 1 rings (SSSR count). The van der Waals surface area contributed by atoms with Crippen molar-refractivity contribution in [2.75, 3.05) is 0 Å². The Morgan fingerprint density at radius 2 is 2.38 bits per heavy atom. The van der Waals surface area contributed by atoms with Crippen molar-refractivity contribution >= 4 is 6.21 Å². The minimum atomic E-state index is -0.0191. The molecule has 1 heterocycles. The van der Waals surface area contributed by atoms with Crippen molar-refractivity contribution in [2.24, 2.45) is 4.99 Å². The summed E-state index contributed by atoms with van der Waals surface area (Å²) in [6, 6.07) is 0. The van der Waals surface area contributed by atoms with E-state index in [9.17, 15) is 0 Å². The molecular weight excluding hydrogens is 98.1 g/mol. The van der Waals surface area contributed by atoms with Crippen LogP contribution in [0.3, 0.4) is 0 Å². The minimum absolute atomic E-state index is 0.0191. The van der Waals surface area contributed by atoms with Gasteiger partial charge in [-0.2, -0.15) is 0 Å². The molecule has 1 nitrogen and oxygen atoms in total. The highest BCUT2D eigenvalue weighted by Crippen LogP contribution is 2.19. The molecular formula is C7H9N. The lowest BCUT2D eigenvalue weighted by Gasteiger charge is -2.23. The van der Waals surface area contributed by atoms with E-state index in [0.29, 0.717) is 0 Å². The van der Waals surface area contributed by atoms with Gasteiger partial charge < -0.3 is 0 Å². The van der Waals surface area contributed by atoms with E-state index in [-0.39, 0.29) is 5.54 Å². The molecule has 1 atom stereocenters. The summed E-state index contributed by atoms with van der Waals surface area (Å²) in [6.45, 7) is 3.89. The Morgan fingerprint density at radius 1 is 1.75 bits per heavy atom. The van der Waals surface area contributed by atoms with Crippen molar-refractivity contribution in [1.29, 1.82) is 0 Å². The van der Waals surface area contributed by atoms with Gasteiger partial charge in [0.25, 0.3) is 0 Å². The van der Waals surface area contributed by atoms with Crippen molar-refractivity contribution in [2.45, 2.75) is 25.8 Å². The summed E-state index contributed by atoms with van der Waals surface area (Å²) >= 11 is 0. The molecule has 0 fully saturated rings. The molecule has 0 amide bonds. The van der Waals surface area contributed by atoms with E-state index in [1.807, 2.05) is 20.1 Å². The fourth-order valence-corrected chi connectivity index (χ4v) is 0.718. The third kappa shape index (κ3) is 0.742. The molecule has 1 heteroatoms. The maximum absolute atomic E-state index is 4.09. The van der Waals surface area contributed by atoms with Crippen LogP contribution in [0.2, 0.25) is 0 Å². The number of nitrogens with zero attached hydrogens (tertiary/aromatic N) is 1. The summed E-state index contributed by atoms with van der Waals surface area (Å²) in [7, 11) is 0. The average Bonchev–Trinajstić information content (AvgIpc) is 1.64. The Labute approximate surface area is 49.8 Å². The third-order valence-corrected chi connectivity index (χ3v) is 1.26. The molecule has 0 aromatic heterocycles. The fraction of sp³-hybridized carbons (Fsp3) is 0.571. The molecule has 0 radical (unpaired) electrons. The van der Waals surface area contributed by atoms with Gasteiger partial charge in [-0.1, -0.05) is 5.92 Å². The van der Waals surface area contributed by atoms with Gasteiger partial charge in [0.1, 0.15) is 5.54 Å². The molecule has 1 unspecified atom stereocenters. The highest BCUT2D eigenvalue weighted by Gasteiger charge is 2.23. The van der Waals surface area contributed by atoms with Crippen molar-refractivity contribution < 1.29 is 0 Å². The quantitative estimate of drug-likeness (QED) is 0.413. The molecule has 8 heavy (non-hydrogen) atoms. The predicted octanol–water partition coefficient (Wildman–Crippen LogP) is 1.24. The van der Waals surface area contributed by atoms with E-state index < -0.39 is 0 Å². The number of hydrogen-bond acceptors (Lipinski definition) is 1. The van der Waals surface area contributed by atoms with Crippen LogP contribution in [-0.2, 0) is 0 Å². The van der Waals surface area contributed by atoms with Crippen LogP contribution in [0.4, 0.5) is 0 Å². The van der Waals surface area contributed by atoms with E-state index in [1.54, 1.807) is 0 Å². The molecule has 0 aromatic carbocycles. The maximum atomic E-state index is 4.09. The first kappa shape index (κ1) is 5.37. The van der Waals surface area contributed by atoms with E-state index >= 15 is 0 Å². The van der Waals surface area contributed by atoms with E-state index in [2.05, 4.69) is 16.8 Å². The van der Waals surface area contributed by atoms with Gasteiger partial charge in [-0.05, 0) is 13.8 Å². The van der Waals surface area contributed by atoms with Crippen LogP contribution in [0, 0.1) is 11.8 Å². The van der Waals surface area contributed by atoms with Crippen LogP contribution in [0.25, 0.3) is 0 Å². The summed E-state index contributed by atoms with van der Waals surface area (Å²) in [5.41, 5.74) is -0.0191. The molecule has 0 N–H and O–H groups in total. The summed E-state index contributed by atoms with van der Waals surface area (Å²) in [5, 5.41) is 0. The molecule has 0 aliphatic carbocycles. The smallest absolute Gasteiger partial charge is 0.122 e. The van der Waals surface area contributed by atoms with Gasteiger partial charge >= 0.3 is 0 Å². The van der Waals surface area contributed by atoms with Crippen LogP contribution in [0.15, 0.2) is 4.99 Å². The zero-order valence-electron chi connectivity index (χ0n) is 5.23. The zero-order valence-corrected chi connectivity index (χ0v) is 5.23. The number of hydrogen-bond donors (Lipinski definition) is 0. The third-order valence-electron chi connectivity index (χ3n) is 1.26. The summed E-state index contributed by atoms with van der Waals surface area (Å²) < 4.78 is 0. The lowest BCUT2D eigenvalue weighted by atomic mass is 9.95. The van der Waals surface area contributed by atoms with Crippen LogP contribution >= 0.6 is 0 Å². The van der Waals surface area contributed by atoms with Gasteiger partial charge in [-0.25, -0.2) is 0 Å². The van der Waals surface area contributed by atoms with Gasteiger partial charge in [0.05, 0.1) is 0 Å². The van der Waals surface area contributed by atoms with Crippen LogP contribution in [0.5, 0.6) is 0 Å². The highest BCUT2D eigenvalue weighted by atomic mass is 14.9. The second-order valence-electron chi connectivity index (χ2n) is 2.16. The fourth-order valence-electron chi connectivity index (χ4n) is 0.718. The SMILES string of the molecule is CC#CC1(C)CC=N1. The van der Waals surface area contributed by atoms with Gasteiger partial charge in [0, 0.05) is 12.6 Å². The summed E-state index contributed by atoms with van der Waals surface area (Å²) in [6.07, 6.45) is 2.93. The second kappa shape index (κ2) is 1.63. The first-order valence-electron chi connectivity index (χ1n) is 2.74. The van der Waals surface area contributed by atoms with Gasteiger partial charge in [0.15, 0.2) is 0 Å². The summed E-state index contributed by atoms with van der Waals surface area (Å²) in [4.78, 5) is 4.09. The lowest BCUT2D eigenvalue weighted by Crippen LogP contribution is -2.27. The Hall–Kier alpha value is -0.770. The van der Waals surface area contributed by atoms with Crippen molar-refractivity contribution in [1.82, 2.24) is 0 Å². The Balaban J connectivity index is 2.65. The maximum Gasteiger partial charge on any atom is 0.122 e. The zero-order chi connectivity index (χ0) is 6.04. The monoisotopic (exact) mass is 107 g/mol. The van der Waals surface area contributed by atoms with Crippen LogP contribution < -0.4 is 0 Å². The van der Waals surface area contributed by atoms with Crippen molar-refractivity contribution in [3.8, 4) is 11.8 Å². The number of rotatable bonds is 0. The molecule has 0 spiro atoms. The van der Waals surface area contributed by atoms with Crippen LogP contribution in [-0.4, -0.2) is 11.8 Å². The van der Waals surface area contributed by atoms with Gasteiger partial charge in [-0.15, -0.1) is 5.92 Å². The van der Waals surface area contributed by atoms with Crippen molar-refractivity contribution in [3.05, 3.63) is 0 Å². The molecule has 0 saturated carbocycles. The highest BCUT2D eigenvalue weighted by molar-refractivity contribution is 5.68.